The number of nitrogens with one attached hydrogen (secondary N) is 2. The lowest BCUT2D eigenvalue weighted by Crippen LogP contribution is -2.47. The van der Waals surface area contributed by atoms with Crippen LogP contribution in [0.1, 0.15) is 109 Å². The molecular formula is C29H46N2O4. The van der Waals surface area contributed by atoms with E-state index in [1.165, 1.54) is 38.5 Å². The molecule has 1 aliphatic carbocycles. The number of hydrogen-bond acceptors (Lipinski definition) is 4. The first-order valence-electron chi connectivity index (χ1n) is 13.7. The van der Waals surface area contributed by atoms with Gasteiger partial charge in [-0.2, -0.15) is 0 Å². The Hall–Kier alpha value is -2.37. The highest BCUT2D eigenvalue weighted by atomic mass is 16.5. The summed E-state index contributed by atoms with van der Waals surface area (Å²) in [6.45, 7) is 8.41. The van der Waals surface area contributed by atoms with Crippen LogP contribution in [0.2, 0.25) is 0 Å². The maximum atomic E-state index is 13.0. The molecular weight excluding hydrogens is 440 g/mol. The van der Waals surface area contributed by atoms with Crippen LogP contribution in [0.15, 0.2) is 24.3 Å². The normalized spacial score (nSPS) is 18.7. The van der Waals surface area contributed by atoms with E-state index in [1.54, 1.807) is 31.2 Å². The highest BCUT2D eigenvalue weighted by Gasteiger charge is 2.29. The molecule has 1 fully saturated rings. The lowest BCUT2D eigenvalue weighted by atomic mass is 9.79. The molecule has 196 valence electrons. The van der Waals surface area contributed by atoms with Crippen molar-refractivity contribution < 1.29 is 19.1 Å². The third-order valence-electron chi connectivity index (χ3n) is 6.94. The smallest absolute Gasteiger partial charge is 0.338 e. The molecule has 1 aromatic carbocycles. The average Bonchev–Trinajstić information content (AvgIpc) is 2.84. The molecule has 6 heteroatoms. The molecule has 1 atom stereocenters. The number of rotatable bonds is 14. The summed E-state index contributed by atoms with van der Waals surface area (Å²) in [5.41, 5.74) is 1.03. The van der Waals surface area contributed by atoms with Crippen LogP contribution in [-0.2, 0) is 14.3 Å². The summed E-state index contributed by atoms with van der Waals surface area (Å²) in [4.78, 5) is 37.9. The minimum Gasteiger partial charge on any atom is -0.462 e. The van der Waals surface area contributed by atoms with Gasteiger partial charge < -0.3 is 15.4 Å². The predicted octanol–water partition coefficient (Wildman–Crippen LogP) is 6.50. The first-order chi connectivity index (χ1) is 16.8. The lowest BCUT2D eigenvalue weighted by Gasteiger charge is -2.29. The van der Waals surface area contributed by atoms with E-state index in [9.17, 15) is 14.4 Å². The molecule has 0 aromatic heterocycles. The van der Waals surface area contributed by atoms with Crippen LogP contribution in [-0.4, -0.2) is 30.4 Å². The van der Waals surface area contributed by atoms with Crippen LogP contribution in [0, 0.1) is 17.8 Å². The fourth-order valence-corrected chi connectivity index (χ4v) is 4.88. The van der Waals surface area contributed by atoms with Crippen molar-refractivity contribution in [3.05, 3.63) is 29.8 Å². The maximum Gasteiger partial charge on any atom is 0.338 e. The molecule has 0 saturated heterocycles. The Labute approximate surface area is 212 Å². The summed E-state index contributed by atoms with van der Waals surface area (Å²) in [7, 11) is 0. The number of carbonyl (C=O) groups is 3. The second kappa shape index (κ2) is 15.6. The quantitative estimate of drug-likeness (QED) is 0.232. The summed E-state index contributed by atoms with van der Waals surface area (Å²) < 4.78 is 5.00. The van der Waals surface area contributed by atoms with Gasteiger partial charge in [-0.25, -0.2) is 4.79 Å². The molecule has 0 radical (unpaired) electrons. The number of anilines is 1. The van der Waals surface area contributed by atoms with Crippen LogP contribution in [0.5, 0.6) is 0 Å². The molecule has 1 saturated carbocycles. The van der Waals surface area contributed by atoms with Gasteiger partial charge in [0.2, 0.25) is 11.8 Å². The van der Waals surface area contributed by atoms with E-state index >= 15 is 0 Å². The van der Waals surface area contributed by atoms with Gasteiger partial charge in [-0.15, -0.1) is 0 Å². The molecule has 0 aliphatic heterocycles. The van der Waals surface area contributed by atoms with Crippen molar-refractivity contribution in [3.8, 4) is 0 Å². The number of hydrogen-bond donors (Lipinski definition) is 2. The summed E-state index contributed by atoms with van der Waals surface area (Å²) >= 11 is 0. The first-order valence-corrected chi connectivity index (χ1v) is 13.7. The molecule has 2 N–H and O–H groups in total. The zero-order valence-corrected chi connectivity index (χ0v) is 22.2. The number of unbranched alkanes of at least 4 members (excludes halogenated alkanes) is 4. The van der Waals surface area contributed by atoms with Crippen molar-refractivity contribution in [2.75, 3.05) is 11.9 Å². The summed E-state index contributed by atoms with van der Waals surface area (Å²) in [5.74, 6) is 0.398. The number of carbonyl (C=O) groups excluding carboxylic acids is 3. The molecule has 6 nitrogen and oxygen atoms in total. The second-order valence-electron chi connectivity index (χ2n) is 10.4. The standard InChI is InChI=1S/C29H46N2O4/c1-5-7-8-9-10-11-22-12-14-23(15-13-22)27(32)31-26(20-21(3)4)28(33)30-25-18-16-24(17-19-25)29(34)35-6-2/h16-19,21-23,26H,5-15,20H2,1-4H3,(H,30,33)(H,31,32). The Morgan fingerprint density at radius 2 is 1.60 bits per heavy atom. The fourth-order valence-electron chi connectivity index (χ4n) is 4.88. The average molecular weight is 487 g/mol. The third kappa shape index (κ3) is 10.4. The van der Waals surface area contributed by atoms with Gasteiger partial charge in [0, 0.05) is 11.6 Å². The topological polar surface area (TPSA) is 84.5 Å². The number of esters is 1. The SMILES string of the molecule is CCCCCCCC1CCC(C(=O)NC(CC(C)C)C(=O)Nc2ccc(C(=O)OCC)cc2)CC1. The Morgan fingerprint density at radius 3 is 2.20 bits per heavy atom. The molecule has 2 amide bonds. The molecule has 1 aliphatic rings. The van der Waals surface area contributed by atoms with Crippen LogP contribution >= 0.6 is 0 Å². The fraction of sp³-hybridized carbons (Fsp3) is 0.690. The van der Waals surface area contributed by atoms with E-state index in [2.05, 4.69) is 17.6 Å². The van der Waals surface area contributed by atoms with Crippen LogP contribution < -0.4 is 10.6 Å². The lowest BCUT2D eigenvalue weighted by molar-refractivity contribution is -0.130. The molecule has 2 rings (SSSR count). The van der Waals surface area contributed by atoms with Crippen molar-refractivity contribution in [2.24, 2.45) is 17.8 Å². The van der Waals surface area contributed by atoms with Gasteiger partial charge in [0.25, 0.3) is 0 Å². The minimum absolute atomic E-state index is 0.00216. The van der Waals surface area contributed by atoms with E-state index in [0.717, 1.165) is 31.6 Å². The third-order valence-corrected chi connectivity index (χ3v) is 6.94. The molecule has 0 heterocycles. The van der Waals surface area contributed by atoms with Crippen molar-refractivity contribution in [1.29, 1.82) is 0 Å². The molecule has 0 bridgehead atoms. The summed E-state index contributed by atoms with van der Waals surface area (Å²) in [6.07, 6.45) is 12.5. The monoisotopic (exact) mass is 486 g/mol. The Kier molecular flexibility index (Phi) is 12.9. The van der Waals surface area contributed by atoms with Crippen molar-refractivity contribution in [1.82, 2.24) is 5.32 Å². The van der Waals surface area contributed by atoms with E-state index in [-0.39, 0.29) is 29.6 Å². The number of benzene rings is 1. The van der Waals surface area contributed by atoms with Crippen LogP contribution in [0.3, 0.4) is 0 Å². The second-order valence-corrected chi connectivity index (χ2v) is 10.4. The Bertz CT molecular complexity index is 782. The molecule has 35 heavy (non-hydrogen) atoms. The first kappa shape index (κ1) is 28.9. The Morgan fingerprint density at radius 1 is 0.943 bits per heavy atom. The van der Waals surface area contributed by atoms with Crippen LogP contribution in [0.25, 0.3) is 0 Å². The highest BCUT2D eigenvalue weighted by Crippen LogP contribution is 2.32. The zero-order valence-electron chi connectivity index (χ0n) is 22.2. The maximum absolute atomic E-state index is 13.0. The van der Waals surface area contributed by atoms with Gasteiger partial charge in [-0.05, 0) is 75.1 Å². The van der Waals surface area contributed by atoms with Crippen molar-refractivity contribution in [3.63, 3.8) is 0 Å². The van der Waals surface area contributed by atoms with Crippen molar-refractivity contribution >= 4 is 23.5 Å². The van der Waals surface area contributed by atoms with E-state index in [4.69, 9.17) is 4.74 Å². The van der Waals surface area contributed by atoms with E-state index in [1.807, 2.05) is 13.8 Å². The van der Waals surface area contributed by atoms with Gasteiger partial charge in [0.05, 0.1) is 12.2 Å². The van der Waals surface area contributed by atoms with Gasteiger partial charge in [-0.1, -0.05) is 59.3 Å². The highest BCUT2D eigenvalue weighted by molar-refractivity contribution is 5.98. The van der Waals surface area contributed by atoms with E-state index < -0.39 is 6.04 Å². The van der Waals surface area contributed by atoms with Gasteiger partial charge in [-0.3, -0.25) is 9.59 Å². The Balaban J connectivity index is 1.85. The van der Waals surface area contributed by atoms with Crippen molar-refractivity contribution in [2.45, 2.75) is 104 Å². The van der Waals surface area contributed by atoms with Gasteiger partial charge in [0.15, 0.2) is 0 Å². The summed E-state index contributed by atoms with van der Waals surface area (Å²) in [5, 5.41) is 5.93. The number of ether oxygens (including phenoxy) is 1. The van der Waals surface area contributed by atoms with Crippen LogP contribution in [0.4, 0.5) is 5.69 Å². The molecule has 1 aromatic rings. The zero-order chi connectivity index (χ0) is 25.6. The minimum atomic E-state index is -0.580. The molecule has 0 spiro atoms. The number of amides is 2. The van der Waals surface area contributed by atoms with Gasteiger partial charge >= 0.3 is 5.97 Å². The van der Waals surface area contributed by atoms with E-state index in [0.29, 0.717) is 24.3 Å². The summed E-state index contributed by atoms with van der Waals surface area (Å²) in [6, 6.07) is 6.05. The van der Waals surface area contributed by atoms with Gasteiger partial charge in [0.1, 0.15) is 6.04 Å². The molecule has 1 unspecified atom stereocenters. The largest absolute Gasteiger partial charge is 0.462 e. The predicted molar refractivity (Wildman–Crippen MR) is 141 cm³/mol.